The highest BCUT2D eigenvalue weighted by molar-refractivity contribution is 8.00. The summed E-state index contributed by atoms with van der Waals surface area (Å²) in [7, 11) is 0. The van der Waals surface area contributed by atoms with Crippen LogP contribution in [0.5, 0.6) is 0 Å². The molecule has 1 aliphatic rings. The summed E-state index contributed by atoms with van der Waals surface area (Å²) < 4.78 is 1.05. The minimum atomic E-state index is 0.112. The third-order valence-electron chi connectivity index (χ3n) is 3.98. The fourth-order valence-corrected chi connectivity index (χ4v) is 4.67. The zero-order chi connectivity index (χ0) is 16.1. The first-order chi connectivity index (χ1) is 11.3. The fraction of sp³-hybridized carbons (Fsp3) is 0.471. The van der Waals surface area contributed by atoms with Gasteiger partial charge in [-0.2, -0.15) is 0 Å². The van der Waals surface area contributed by atoms with Crippen LogP contribution in [0, 0.1) is 0 Å². The summed E-state index contributed by atoms with van der Waals surface area (Å²) in [6.07, 6.45) is 5.42. The Morgan fingerprint density at radius 2 is 2.35 bits per heavy atom. The Morgan fingerprint density at radius 3 is 3.13 bits per heavy atom. The minimum absolute atomic E-state index is 0.112. The maximum absolute atomic E-state index is 12.8. The molecule has 1 aliphatic heterocycles. The van der Waals surface area contributed by atoms with Crippen molar-refractivity contribution in [2.75, 3.05) is 12.3 Å². The van der Waals surface area contributed by atoms with Crippen LogP contribution in [-0.2, 0) is 11.2 Å². The van der Waals surface area contributed by atoms with Crippen LogP contribution in [0.3, 0.4) is 0 Å². The van der Waals surface area contributed by atoms with Gasteiger partial charge in [0.15, 0.2) is 0 Å². The lowest BCUT2D eigenvalue weighted by Gasteiger charge is -2.35. The van der Waals surface area contributed by atoms with Crippen LogP contribution in [-0.4, -0.2) is 33.1 Å². The zero-order valence-electron chi connectivity index (χ0n) is 13.3. The van der Waals surface area contributed by atoms with Gasteiger partial charge in [-0.25, -0.2) is 4.98 Å². The molecule has 122 valence electrons. The highest BCUT2D eigenvalue weighted by Gasteiger charge is 2.29. The summed E-state index contributed by atoms with van der Waals surface area (Å²) in [5.41, 5.74) is 1.89. The molecule has 0 unspecified atom stereocenters. The van der Waals surface area contributed by atoms with Gasteiger partial charge in [-0.1, -0.05) is 24.8 Å². The van der Waals surface area contributed by atoms with Gasteiger partial charge < -0.3 is 4.90 Å². The lowest BCUT2D eigenvalue weighted by molar-refractivity contribution is -0.134. The molecule has 0 aliphatic carbocycles. The van der Waals surface area contributed by atoms with Gasteiger partial charge in [-0.05, 0) is 37.1 Å². The topological polar surface area (TPSA) is 46.1 Å². The number of carbonyl (C=O) groups is 1. The molecule has 4 nitrogen and oxygen atoms in total. The van der Waals surface area contributed by atoms with Gasteiger partial charge in [0.1, 0.15) is 4.34 Å². The van der Waals surface area contributed by atoms with E-state index in [0.29, 0.717) is 6.42 Å². The molecule has 0 N–H and O–H groups in total. The summed E-state index contributed by atoms with van der Waals surface area (Å²) in [6, 6.07) is 6.05. The summed E-state index contributed by atoms with van der Waals surface area (Å²) in [5.74, 6) is 1.17. The van der Waals surface area contributed by atoms with E-state index in [4.69, 9.17) is 0 Å². The van der Waals surface area contributed by atoms with Crippen LogP contribution in [0.4, 0.5) is 0 Å². The highest BCUT2D eigenvalue weighted by Crippen LogP contribution is 2.30. The molecule has 0 spiro atoms. The van der Waals surface area contributed by atoms with Crippen molar-refractivity contribution in [1.82, 2.24) is 14.9 Å². The average Bonchev–Trinajstić information content (AvgIpc) is 3.03. The minimum Gasteiger partial charge on any atom is -0.334 e. The first-order valence-corrected chi connectivity index (χ1v) is 9.92. The Balaban J connectivity index is 1.71. The van der Waals surface area contributed by atoms with Crippen LogP contribution in [0.1, 0.15) is 43.6 Å². The van der Waals surface area contributed by atoms with Crippen molar-refractivity contribution >= 4 is 29.0 Å². The molecular weight excluding hydrogens is 326 g/mol. The number of hydrogen-bond donors (Lipinski definition) is 0. The molecule has 0 saturated carbocycles. The van der Waals surface area contributed by atoms with Crippen molar-refractivity contribution in [2.24, 2.45) is 0 Å². The van der Waals surface area contributed by atoms with Crippen LogP contribution in [0.25, 0.3) is 0 Å². The van der Waals surface area contributed by atoms with E-state index >= 15 is 0 Å². The molecule has 1 saturated heterocycles. The smallest absolute Gasteiger partial charge is 0.229 e. The maximum atomic E-state index is 12.8. The Hall–Kier alpha value is -1.40. The van der Waals surface area contributed by atoms with E-state index < -0.39 is 0 Å². The molecule has 3 rings (SSSR count). The Kier molecular flexibility index (Phi) is 5.67. The molecule has 0 bridgehead atoms. The van der Waals surface area contributed by atoms with Crippen LogP contribution >= 0.6 is 23.1 Å². The second-order valence-corrected chi connectivity index (χ2v) is 7.94. The number of likely N-dealkylation sites (tertiary alicyclic amines) is 1. The predicted molar refractivity (Wildman–Crippen MR) is 94.8 cm³/mol. The molecule has 2 aromatic heterocycles. The number of hydrogen-bond acceptors (Lipinski definition) is 5. The highest BCUT2D eigenvalue weighted by atomic mass is 32.2. The Labute approximate surface area is 145 Å². The van der Waals surface area contributed by atoms with Gasteiger partial charge in [0.05, 0.1) is 23.9 Å². The Bertz CT molecular complexity index is 644. The fourth-order valence-electron chi connectivity index (χ4n) is 2.93. The lowest BCUT2D eigenvalue weighted by Crippen LogP contribution is -2.39. The number of amides is 1. The number of rotatable bonds is 5. The third kappa shape index (κ3) is 4.12. The van der Waals surface area contributed by atoms with Crippen LogP contribution in [0.15, 0.2) is 34.1 Å². The van der Waals surface area contributed by atoms with E-state index in [0.717, 1.165) is 47.3 Å². The van der Waals surface area contributed by atoms with E-state index in [1.165, 1.54) is 0 Å². The second-order valence-electron chi connectivity index (χ2n) is 5.57. The van der Waals surface area contributed by atoms with Gasteiger partial charge in [0.2, 0.25) is 5.91 Å². The molecule has 0 aromatic carbocycles. The van der Waals surface area contributed by atoms with Crippen molar-refractivity contribution in [2.45, 2.75) is 43.0 Å². The molecule has 0 radical (unpaired) electrons. The number of nitrogens with zero attached hydrogens (tertiary/aromatic N) is 3. The molecule has 3 heterocycles. The standard InChI is InChI=1S/C17H21N3OS2/c1-2-22-17-19-13(12-23-17)11-16(21)20-10-6-4-8-15(20)14-7-3-5-9-18-14/h3,5,7,9,12,15H,2,4,6,8,10-11H2,1H3/t15-/m1/s1. The largest absolute Gasteiger partial charge is 0.334 e. The molecule has 6 heteroatoms. The summed E-state index contributed by atoms with van der Waals surface area (Å²) in [4.78, 5) is 23.8. The van der Waals surface area contributed by atoms with E-state index in [-0.39, 0.29) is 11.9 Å². The number of aromatic nitrogens is 2. The molecule has 2 aromatic rings. The van der Waals surface area contributed by atoms with Crippen LogP contribution in [0.2, 0.25) is 0 Å². The van der Waals surface area contributed by atoms with Crippen molar-refractivity contribution in [1.29, 1.82) is 0 Å². The number of piperidine rings is 1. The predicted octanol–water partition coefficient (Wildman–Crippen LogP) is 3.95. The maximum Gasteiger partial charge on any atom is 0.229 e. The van der Waals surface area contributed by atoms with E-state index in [1.807, 2.05) is 28.5 Å². The summed E-state index contributed by atoms with van der Waals surface area (Å²) in [6.45, 7) is 2.93. The van der Waals surface area contributed by atoms with Crippen LogP contribution < -0.4 is 0 Å². The van der Waals surface area contributed by atoms with Crippen molar-refractivity contribution in [3.05, 3.63) is 41.2 Å². The average molecular weight is 348 g/mol. The van der Waals surface area contributed by atoms with E-state index in [1.54, 1.807) is 29.3 Å². The quantitative estimate of drug-likeness (QED) is 0.769. The van der Waals surface area contributed by atoms with Gasteiger partial charge in [0.25, 0.3) is 0 Å². The number of thiazole rings is 1. The SMILES string of the molecule is CCSc1nc(CC(=O)N2CCCC[C@@H]2c2ccccn2)cs1. The molecular formula is C17H21N3OS2. The van der Waals surface area contributed by atoms with Gasteiger partial charge in [0, 0.05) is 18.1 Å². The number of carbonyl (C=O) groups excluding carboxylic acids is 1. The summed E-state index contributed by atoms with van der Waals surface area (Å²) in [5, 5.41) is 2.01. The first-order valence-electron chi connectivity index (χ1n) is 8.05. The first kappa shape index (κ1) is 16.5. The molecule has 23 heavy (non-hydrogen) atoms. The van der Waals surface area contributed by atoms with Crippen molar-refractivity contribution < 1.29 is 4.79 Å². The number of thioether (sulfide) groups is 1. The van der Waals surface area contributed by atoms with Crippen molar-refractivity contribution in [3.63, 3.8) is 0 Å². The second kappa shape index (κ2) is 7.93. The number of pyridine rings is 1. The Morgan fingerprint density at radius 1 is 1.43 bits per heavy atom. The van der Waals surface area contributed by atoms with Gasteiger partial charge >= 0.3 is 0 Å². The third-order valence-corrected chi connectivity index (χ3v) is 5.94. The molecule has 1 fully saturated rings. The zero-order valence-corrected chi connectivity index (χ0v) is 14.9. The normalized spacial score (nSPS) is 18.1. The van der Waals surface area contributed by atoms with E-state index in [2.05, 4.69) is 16.9 Å². The van der Waals surface area contributed by atoms with Gasteiger partial charge in [-0.3, -0.25) is 9.78 Å². The van der Waals surface area contributed by atoms with Crippen molar-refractivity contribution in [3.8, 4) is 0 Å². The molecule has 1 atom stereocenters. The van der Waals surface area contributed by atoms with E-state index in [9.17, 15) is 4.79 Å². The lowest BCUT2D eigenvalue weighted by atomic mass is 9.98. The summed E-state index contributed by atoms with van der Waals surface area (Å²) >= 11 is 3.36. The monoisotopic (exact) mass is 347 g/mol. The van der Waals surface area contributed by atoms with Gasteiger partial charge in [-0.15, -0.1) is 11.3 Å². The molecule has 1 amide bonds.